The average Bonchev–Trinajstić information content (AvgIpc) is 2.80. The summed E-state index contributed by atoms with van der Waals surface area (Å²) >= 11 is 0. The highest BCUT2D eigenvalue weighted by atomic mass is 35.5. The molecule has 0 aliphatic rings. The zero-order valence-electron chi connectivity index (χ0n) is 14.0. The first-order valence-electron chi connectivity index (χ1n) is 7.84. The Labute approximate surface area is 144 Å². The molecule has 0 amide bonds. The number of hydrogen-bond donors (Lipinski definition) is 0. The van der Waals surface area contributed by atoms with Gasteiger partial charge in [0.2, 0.25) is 0 Å². The van der Waals surface area contributed by atoms with Gasteiger partial charge in [0.25, 0.3) is 0 Å². The van der Waals surface area contributed by atoms with E-state index in [1.807, 2.05) is 12.3 Å². The third kappa shape index (κ3) is 2.91. The quantitative estimate of drug-likeness (QED) is 0.593. The second-order valence-corrected chi connectivity index (χ2v) is 5.74. The van der Waals surface area contributed by atoms with E-state index in [-0.39, 0.29) is 12.4 Å². The summed E-state index contributed by atoms with van der Waals surface area (Å²) < 4.78 is 2.41. The van der Waals surface area contributed by atoms with Crippen LogP contribution in [0.1, 0.15) is 30.2 Å². The molecular weight excluding hydrogens is 304 g/mol. The van der Waals surface area contributed by atoms with Crippen molar-refractivity contribution in [1.29, 1.82) is 0 Å². The molecule has 0 aliphatic heterocycles. The van der Waals surface area contributed by atoms with Crippen molar-refractivity contribution in [3.8, 4) is 11.3 Å². The second-order valence-electron chi connectivity index (χ2n) is 5.74. The van der Waals surface area contributed by atoms with Crippen molar-refractivity contribution in [2.45, 2.75) is 33.7 Å². The molecule has 3 rings (SSSR count). The fraction of sp³-hybridized carbons (Fsp3) is 0.250. The van der Waals surface area contributed by atoms with Gasteiger partial charge in [-0.3, -0.25) is 4.98 Å². The molecule has 0 radical (unpaired) electrons. The number of halogens is 1. The van der Waals surface area contributed by atoms with Gasteiger partial charge < -0.3 is 4.57 Å². The predicted molar refractivity (Wildman–Crippen MR) is 102 cm³/mol. The van der Waals surface area contributed by atoms with Gasteiger partial charge in [-0.05, 0) is 37.5 Å². The normalized spacial score (nSPS) is 10.6. The lowest BCUT2D eigenvalue weighted by Gasteiger charge is -2.10. The van der Waals surface area contributed by atoms with Crippen molar-refractivity contribution in [3.63, 3.8) is 0 Å². The van der Waals surface area contributed by atoms with Crippen molar-refractivity contribution in [2.24, 2.45) is 0 Å². The van der Waals surface area contributed by atoms with E-state index in [1.54, 1.807) is 0 Å². The minimum atomic E-state index is 0. The minimum absolute atomic E-state index is 0. The Kier molecular flexibility index (Phi) is 5.27. The largest absolute Gasteiger partial charge is 0.343 e. The van der Waals surface area contributed by atoms with E-state index in [0.717, 1.165) is 29.8 Å². The van der Waals surface area contributed by atoms with E-state index in [1.165, 1.54) is 22.2 Å². The number of hydrogen-bond acceptors (Lipinski definition) is 1. The zero-order chi connectivity index (χ0) is 15.7. The molecule has 3 heteroatoms. The van der Waals surface area contributed by atoms with E-state index in [4.69, 9.17) is 0 Å². The first kappa shape index (κ1) is 17.3. The number of nitrogens with zero attached hydrogens (tertiary/aromatic N) is 2. The van der Waals surface area contributed by atoms with Gasteiger partial charge in [-0.15, -0.1) is 12.4 Å². The summed E-state index contributed by atoms with van der Waals surface area (Å²) in [5, 5.41) is 1.31. The smallest absolute Gasteiger partial charge is 0.0944 e. The van der Waals surface area contributed by atoms with Crippen LogP contribution in [0.25, 0.3) is 28.2 Å². The number of fused-ring (bicyclic) bond motifs is 1. The third-order valence-corrected chi connectivity index (χ3v) is 4.41. The molecule has 120 valence electrons. The average molecular weight is 327 g/mol. The van der Waals surface area contributed by atoms with Crippen LogP contribution >= 0.6 is 12.4 Å². The van der Waals surface area contributed by atoms with Crippen LogP contribution in [0.4, 0.5) is 0 Å². The molecule has 2 aromatic heterocycles. The lowest BCUT2D eigenvalue weighted by Crippen LogP contribution is -2.01. The summed E-state index contributed by atoms with van der Waals surface area (Å²) in [7, 11) is 0. The highest BCUT2D eigenvalue weighted by molar-refractivity contribution is 5.95. The highest BCUT2D eigenvalue weighted by Gasteiger charge is 2.15. The van der Waals surface area contributed by atoms with E-state index in [0.29, 0.717) is 0 Å². The van der Waals surface area contributed by atoms with E-state index in [2.05, 4.69) is 67.2 Å². The summed E-state index contributed by atoms with van der Waals surface area (Å²) in [6.45, 7) is 11.5. The molecular formula is C20H23ClN2. The van der Waals surface area contributed by atoms with Gasteiger partial charge >= 0.3 is 0 Å². The van der Waals surface area contributed by atoms with Crippen molar-refractivity contribution in [3.05, 3.63) is 59.9 Å². The molecule has 2 heterocycles. The Hall–Kier alpha value is -2.06. The Balaban J connectivity index is 0.00000192. The van der Waals surface area contributed by atoms with Crippen LogP contribution in [0.2, 0.25) is 0 Å². The monoisotopic (exact) mass is 326 g/mol. The van der Waals surface area contributed by atoms with Crippen LogP contribution in [0.5, 0.6) is 0 Å². The van der Waals surface area contributed by atoms with Gasteiger partial charge in [-0.1, -0.05) is 43.8 Å². The fourth-order valence-corrected chi connectivity index (χ4v) is 3.09. The second kappa shape index (κ2) is 7.01. The van der Waals surface area contributed by atoms with Crippen molar-refractivity contribution >= 4 is 29.4 Å². The summed E-state index contributed by atoms with van der Waals surface area (Å²) in [5.41, 5.74) is 7.31. The van der Waals surface area contributed by atoms with Crippen LogP contribution in [0.15, 0.2) is 43.1 Å². The van der Waals surface area contributed by atoms with Crippen LogP contribution in [0.3, 0.4) is 0 Å². The molecule has 0 aliphatic carbocycles. The lowest BCUT2D eigenvalue weighted by atomic mass is 10.1. The molecule has 1 aromatic carbocycles. The Bertz CT molecular complexity index is 829. The summed E-state index contributed by atoms with van der Waals surface area (Å²) in [4.78, 5) is 4.68. The SMILES string of the molecule is C=Cc1ccc(-c2nccc3c(C)c(C)n(CCC)c23)cc1.Cl. The summed E-state index contributed by atoms with van der Waals surface area (Å²) in [5.74, 6) is 0. The van der Waals surface area contributed by atoms with E-state index in [9.17, 15) is 0 Å². The maximum Gasteiger partial charge on any atom is 0.0944 e. The molecule has 0 unspecified atom stereocenters. The first-order valence-corrected chi connectivity index (χ1v) is 7.84. The van der Waals surface area contributed by atoms with Crippen molar-refractivity contribution < 1.29 is 0 Å². The highest BCUT2D eigenvalue weighted by Crippen LogP contribution is 2.32. The standard InChI is InChI=1S/C20H22N2.ClH/c1-5-13-22-15(4)14(3)18-11-12-21-19(20(18)22)17-9-7-16(6-2)8-10-17;/h6-12H,2,5,13H2,1,3-4H3;1H. The molecule has 3 aromatic rings. The fourth-order valence-electron chi connectivity index (χ4n) is 3.09. The summed E-state index contributed by atoms with van der Waals surface area (Å²) in [6, 6.07) is 10.6. The van der Waals surface area contributed by atoms with Gasteiger partial charge in [0, 0.05) is 29.4 Å². The third-order valence-electron chi connectivity index (χ3n) is 4.41. The van der Waals surface area contributed by atoms with Gasteiger partial charge in [-0.25, -0.2) is 0 Å². The number of rotatable bonds is 4. The number of pyridine rings is 1. The number of aryl methyl sites for hydroxylation is 2. The zero-order valence-corrected chi connectivity index (χ0v) is 14.8. The molecule has 0 bridgehead atoms. The van der Waals surface area contributed by atoms with Crippen LogP contribution in [0, 0.1) is 13.8 Å². The Morgan fingerprint density at radius 3 is 2.43 bits per heavy atom. The molecule has 0 atom stereocenters. The van der Waals surface area contributed by atoms with Gasteiger partial charge in [0.1, 0.15) is 0 Å². The van der Waals surface area contributed by atoms with Gasteiger partial charge in [0.15, 0.2) is 0 Å². The number of benzene rings is 1. The first-order chi connectivity index (χ1) is 10.7. The molecule has 0 spiro atoms. The maximum atomic E-state index is 4.68. The predicted octanol–water partition coefficient (Wildman–Crippen LogP) is 5.79. The van der Waals surface area contributed by atoms with Gasteiger partial charge in [-0.2, -0.15) is 0 Å². The minimum Gasteiger partial charge on any atom is -0.343 e. The Morgan fingerprint density at radius 2 is 1.83 bits per heavy atom. The van der Waals surface area contributed by atoms with Crippen LogP contribution < -0.4 is 0 Å². The Morgan fingerprint density at radius 1 is 1.13 bits per heavy atom. The van der Waals surface area contributed by atoms with Crippen molar-refractivity contribution in [1.82, 2.24) is 9.55 Å². The van der Waals surface area contributed by atoms with Crippen molar-refractivity contribution in [2.75, 3.05) is 0 Å². The lowest BCUT2D eigenvalue weighted by molar-refractivity contribution is 0.683. The topological polar surface area (TPSA) is 17.8 Å². The molecule has 2 nitrogen and oxygen atoms in total. The molecule has 0 fully saturated rings. The van der Waals surface area contributed by atoms with Crippen LogP contribution in [-0.4, -0.2) is 9.55 Å². The number of aromatic nitrogens is 2. The molecule has 0 saturated carbocycles. The molecule has 23 heavy (non-hydrogen) atoms. The molecule has 0 N–H and O–H groups in total. The molecule has 0 saturated heterocycles. The summed E-state index contributed by atoms with van der Waals surface area (Å²) in [6.07, 6.45) is 4.90. The maximum absolute atomic E-state index is 4.68. The van der Waals surface area contributed by atoms with E-state index >= 15 is 0 Å². The van der Waals surface area contributed by atoms with Gasteiger partial charge in [0.05, 0.1) is 11.2 Å². The van der Waals surface area contributed by atoms with Crippen LogP contribution in [-0.2, 0) is 6.54 Å². The van der Waals surface area contributed by atoms with E-state index < -0.39 is 0 Å².